The van der Waals surface area contributed by atoms with E-state index in [0.717, 1.165) is 37.3 Å². The Morgan fingerprint density at radius 1 is 1.32 bits per heavy atom. The molecule has 2 aromatic rings. The maximum absolute atomic E-state index is 12.3. The quantitative estimate of drug-likeness (QED) is 0.815. The highest BCUT2D eigenvalue weighted by Gasteiger charge is 2.20. The molecule has 1 aliphatic heterocycles. The van der Waals surface area contributed by atoms with Gasteiger partial charge in [-0.1, -0.05) is 23.7 Å². The number of hydrogen-bond donors (Lipinski definition) is 3. The van der Waals surface area contributed by atoms with Crippen molar-refractivity contribution in [2.24, 2.45) is 0 Å². The summed E-state index contributed by atoms with van der Waals surface area (Å²) in [6, 6.07) is 9.29. The van der Waals surface area contributed by atoms with Crippen LogP contribution >= 0.6 is 11.6 Å². The molecule has 1 fully saturated rings. The van der Waals surface area contributed by atoms with Crippen molar-refractivity contribution in [1.82, 2.24) is 4.98 Å². The zero-order valence-corrected chi connectivity index (χ0v) is 12.8. The van der Waals surface area contributed by atoms with Crippen LogP contribution in [-0.4, -0.2) is 35.2 Å². The van der Waals surface area contributed by atoms with Gasteiger partial charge in [-0.3, -0.25) is 4.79 Å². The number of piperidine rings is 1. The second-order valence-corrected chi connectivity index (χ2v) is 5.86. The first kappa shape index (κ1) is 14.9. The van der Waals surface area contributed by atoms with Gasteiger partial charge in [0.15, 0.2) is 0 Å². The van der Waals surface area contributed by atoms with Crippen LogP contribution in [0.1, 0.15) is 23.3 Å². The summed E-state index contributed by atoms with van der Waals surface area (Å²) in [5, 5.41) is 13.0. The van der Waals surface area contributed by atoms with Gasteiger partial charge in [0.25, 0.3) is 5.91 Å². The zero-order valence-electron chi connectivity index (χ0n) is 12.1. The number of carbonyl (C=O) groups is 1. The monoisotopic (exact) mass is 319 g/mol. The number of H-pyrrole nitrogens is 1. The summed E-state index contributed by atoms with van der Waals surface area (Å²) in [5.41, 5.74) is 2.16. The molecule has 1 amide bonds. The first-order valence-corrected chi connectivity index (χ1v) is 7.68. The van der Waals surface area contributed by atoms with E-state index in [9.17, 15) is 9.90 Å². The fourth-order valence-corrected chi connectivity index (χ4v) is 2.81. The minimum Gasteiger partial charge on any atom is -0.393 e. The molecule has 1 saturated heterocycles. The van der Waals surface area contributed by atoms with Gasteiger partial charge in [0.2, 0.25) is 0 Å². The molecule has 0 bridgehead atoms. The number of rotatable bonds is 3. The number of halogens is 1. The van der Waals surface area contributed by atoms with Crippen LogP contribution < -0.4 is 10.2 Å². The van der Waals surface area contributed by atoms with Gasteiger partial charge in [-0.2, -0.15) is 0 Å². The maximum Gasteiger partial charge on any atom is 0.272 e. The standard InChI is InChI=1S/C16H18ClN3O2/c17-11-9-14(18-10-11)16(22)19-13-3-1-2-4-15(13)20-7-5-12(21)6-8-20/h1-4,9-10,12,18,21H,5-8H2,(H,19,22). The third-order valence-corrected chi connectivity index (χ3v) is 4.07. The van der Waals surface area contributed by atoms with Gasteiger partial charge < -0.3 is 20.3 Å². The van der Waals surface area contributed by atoms with Crippen LogP contribution in [0.5, 0.6) is 0 Å². The number of benzene rings is 1. The molecule has 0 aliphatic carbocycles. The maximum atomic E-state index is 12.3. The second kappa shape index (κ2) is 6.42. The smallest absolute Gasteiger partial charge is 0.272 e. The first-order chi connectivity index (χ1) is 10.6. The number of hydrogen-bond acceptors (Lipinski definition) is 3. The highest BCUT2D eigenvalue weighted by atomic mass is 35.5. The molecule has 5 nitrogen and oxygen atoms in total. The van der Waals surface area contributed by atoms with Gasteiger partial charge in [0.05, 0.1) is 22.5 Å². The minimum absolute atomic E-state index is 0.223. The normalized spacial score (nSPS) is 15.8. The van der Waals surface area contributed by atoms with E-state index in [2.05, 4.69) is 15.2 Å². The van der Waals surface area contributed by atoms with Crippen LogP contribution in [0, 0.1) is 0 Å². The summed E-state index contributed by atoms with van der Waals surface area (Å²) in [7, 11) is 0. The van der Waals surface area contributed by atoms with Gasteiger partial charge >= 0.3 is 0 Å². The highest BCUT2D eigenvalue weighted by Crippen LogP contribution is 2.28. The Morgan fingerprint density at radius 2 is 2.05 bits per heavy atom. The van der Waals surface area contributed by atoms with E-state index in [0.29, 0.717) is 10.7 Å². The van der Waals surface area contributed by atoms with Crippen LogP contribution in [0.3, 0.4) is 0 Å². The van der Waals surface area contributed by atoms with E-state index in [-0.39, 0.29) is 12.0 Å². The van der Waals surface area contributed by atoms with Gasteiger partial charge in [0, 0.05) is 19.3 Å². The Balaban J connectivity index is 1.78. The SMILES string of the molecule is O=C(Nc1ccccc1N1CCC(O)CC1)c1cc(Cl)c[nH]1. The van der Waals surface area contributed by atoms with Crippen LogP contribution in [-0.2, 0) is 0 Å². The molecule has 3 N–H and O–H groups in total. The van der Waals surface area contributed by atoms with Crippen LogP contribution in [0.15, 0.2) is 36.5 Å². The van der Waals surface area contributed by atoms with Gasteiger partial charge in [0.1, 0.15) is 5.69 Å². The van der Waals surface area contributed by atoms with Gasteiger partial charge in [-0.05, 0) is 31.0 Å². The van der Waals surface area contributed by atoms with Crippen molar-refractivity contribution < 1.29 is 9.90 Å². The molecular formula is C16H18ClN3O2. The van der Waals surface area contributed by atoms with Crippen molar-refractivity contribution in [3.8, 4) is 0 Å². The van der Waals surface area contributed by atoms with Crippen LogP contribution in [0.25, 0.3) is 0 Å². The molecular weight excluding hydrogens is 302 g/mol. The number of amides is 1. The highest BCUT2D eigenvalue weighted by molar-refractivity contribution is 6.31. The summed E-state index contributed by atoms with van der Waals surface area (Å²) in [6.07, 6.45) is 2.84. The topological polar surface area (TPSA) is 68.4 Å². The number of nitrogens with one attached hydrogen (secondary N) is 2. The van der Waals surface area contributed by atoms with Gasteiger partial charge in [-0.15, -0.1) is 0 Å². The summed E-state index contributed by atoms with van der Waals surface area (Å²) >= 11 is 5.83. The van der Waals surface area contributed by atoms with Gasteiger partial charge in [-0.25, -0.2) is 0 Å². The molecule has 0 saturated carbocycles. The molecule has 0 unspecified atom stereocenters. The predicted octanol–water partition coefficient (Wildman–Crippen LogP) is 2.88. The molecule has 6 heteroatoms. The predicted molar refractivity (Wildman–Crippen MR) is 87.7 cm³/mol. The fraction of sp³-hybridized carbons (Fsp3) is 0.312. The summed E-state index contributed by atoms with van der Waals surface area (Å²) < 4.78 is 0. The molecule has 1 aromatic carbocycles. The van der Waals surface area contributed by atoms with Crippen molar-refractivity contribution in [1.29, 1.82) is 0 Å². The van der Waals surface area contributed by atoms with E-state index in [4.69, 9.17) is 11.6 Å². The number of aliphatic hydroxyl groups excluding tert-OH is 1. The van der Waals surface area contributed by atoms with E-state index in [1.54, 1.807) is 12.3 Å². The molecule has 0 radical (unpaired) electrons. The van der Waals surface area contributed by atoms with E-state index in [1.165, 1.54) is 0 Å². The van der Waals surface area contributed by atoms with E-state index >= 15 is 0 Å². The van der Waals surface area contributed by atoms with Crippen molar-refractivity contribution in [3.63, 3.8) is 0 Å². The number of anilines is 2. The van der Waals surface area contributed by atoms with Crippen molar-refractivity contribution in [2.75, 3.05) is 23.3 Å². The van der Waals surface area contributed by atoms with E-state index in [1.807, 2.05) is 24.3 Å². The number of aliphatic hydroxyl groups is 1. The number of nitrogens with zero attached hydrogens (tertiary/aromatic N) is 1. The van der Waals surface area contributed by atoms with Crippen molar-refractivity contribution >= 4 is 28.9 Å². The summed E-state index contributed by atoms with van der Waals surface area (Å²) in [6.45, 7) is 1.56. The van der Waals surface area contributed by atoms with E-state index < -0.39 is 0 Å². The summed E-state index contributed by atoms with van der Waals surface area (Å²) in [5.74, 6) is -0.226. The van der Waals surface area contributed by atoms with Crippen LogP contribution in [0.4, 0.5) is 11.4 Å². The Hall–Kier alpha value is -1.98. The third-order valence-electron chi connectivity index (χ3n) is 3.85. The molecule has 3 rings (SSSR count). The Kier molecular flexibility index (Phi) is 4.36. The summed E-state index contributed by atoms with van der Waals surface area (Å²) in [4.78, 5) is 17.3. The molecule has 2 heterocycles. The molecule has 0 atom stereocenters. The molecule has 22 heavy (non-hydrogen) atoms. The Morgan fingerprint density at radius 3 is 2.73 bits per heavy atom. The lowest BCUT2D eigenvalue weighted by atomic mass is 10.1. The Bertz CT molecular complexity index is 663. The lowest BCUT2D eigenvalue weighted by Gasteiger charge is -2.32. The fourth-order valence-electron chi connectivity index (χ4n) is 2.65. The number of para-hydroxylation sites is 2. The average Bonchev–Trinajstić information content (AvgIpc) is 2.95. The lowest BCUT2D eigenvalue weighted by Crippen LogP contribution is -2.36. The Labute approximate surface area is 133 Å². The second-order valence-electron chi connectivity index (χ2n) is 5.42. The lowest BCUT2D eigenvalue weighted by molar-refractivity contribution is 0.102. The largest absolute Gasteiger partial charge is 0.393 e. The number of carbonyl (C=O) groups excluding carboxylic acids is 1. The number of aromatic nitrogens is 1. The molecule has 1 aliphatic rings. The minimum atomic E-state index is -0.226. The van der Waals surface area contributed by atoms with Crippen LogP contribution in [0.2, 0.25) is 5.02 Å². The third kappa shape index (κ3) is 3.26. The molecule has 0 spiro atoms. The number of aromatic amines is 1. The molecule has 1 aromatic heterocycles. The van der Waals surface area contributed by atoms with Crippen molar-refractivity contribution in [3.05, 3.63) is 47.2 Å². The first-order valence-electron chi connectivity index (χ1n) is 7.31. The molecule has 116 valence electrons. The zero-order chi connectivity index (χ0) is 15.5. The average molecular weight is 320 g/mol. The van der Waals surface area contributed by atoms with Crippen molar-refractivity contribution in [2.45, 2.75) is 18.9 Å².